The molecular formula is C26H24N4O14S4. The first-order valence-electron chi connectivity index (χ1n) is 12.9. The van der Waals surface area contributed by atoms with Crippen molar-refractivity contribution in [3.63, 3.8) is 0 Å². The third-order valence-electron chi connectivity index (χ3n) is 6.51. The summed E-state index contributed by atoms with van der Waals surface area (Å²) in [5, 5.41) is 34.2. The van der Waals surface area contributed by atoms with E-state index in [-0.39, 0.29) is 27.7 Å². The van der Waals surface area contributed by atoms with Gasteiger partial charge in [-0.15, -0.1) is 10.2 Å². The molecule has 0 atom stereocenters. The van der Waals surface area contributed by atoms with Crippen LogP contribution in [0.2, 0.25) is 0 Å². The van der Waals surface area contributed by atoms with Crippen molar-refractivity contribution in [1.82, 2.24) is 0 Å². The standard InChI is InChI=1S/C26H24N4O14S4/c1-14-8-20(21(44-2)13-19(14)28-27-16-4-3-5-17(11-16)45(33,34)7-6-31)29-30-25-23(48(41,42)43)10-15-9-18(46(35,36)37)12-22(47(38,39)40)24(15)26(25)32/h3-5,8-13,31-32H,6-7H2,1-2H3,(H,35,36,37)(H,38,39,40)(H,41,42,43). The van der Waals surface area contributed by atoms with Crippen molar-refractivity contribution in [2.24, 2.45) is 20.5 Å². The number of nitrogens with zero attached hydrogens (tertiary/aromatic N) is 4. The fraction of sp³-hybridized carbons (Fsp3) is 0.154. The Balaban J connectivity index is 1.85. The third kappa shape index (κ3) is 7.82. The van der Waals surface area contributed by atoms with E-state index in [9.17, 15) is 52.4 Å². The lowest BCUT2D eigenvalue weighted by atomic mass is 10.1. The van der Waals surface area contributed by atoms with Crippen LogP contribution in [0.4, 0.5) is 22.7 Å². The molecule has 5 N–H and O–H groups in total. The summed E-state index contributed by atoms with van der Waals surface area (Å²) in [6.07, 6.45) is 0. The molecular weight excluding hydrogens is 721 g/mol. The van der Waals surface area contributed by atoms with E-state index in [2.05, 4.69) is 20.5 Å². The Kier molecular flexibility index (Phi) is 10.0. The van der Waals surface area contributed by atoms with Crippen LogP contribution in [0.5, 0.6) is 11.5 Å². The number of rotatable bonds is 11. The zero-order valence-corrected chi connectivity index (χ0v) is 27.7. The Bertz CT molecular complexity index is 2460. The molecule has 4 rings (SSSR count). The van der Waals surface area contributed by atoms with Gasteiger partial charge in [0.2, 0.25) is 0 Å². The number of aromatic hydroxyl groups is 1. The first-order chi connectivity index (χ1) is 22.2. The number of ether oxygens (including phenoxy) is 1. The van der Waals surface area contributed by atoms with E-state index in [1.807, 2.05) is 0 Å². The summed E-state index contributed by atoms with van der Waals surface area (Å²) in [5.41, 5.74) is -0.387. The molecule has 0 aliphatic heterocycles. The number of fused-ring (bicyclic) bond motifs is 1. The number of azo groups is 2. The van der Waals surface area contributed by atoms with E-state index in [0.29, 0.717) is 23.8 Å². The number of methoxy groups -OCH3 is 1. The van der Waals surface area contributed by atoms with Crippen LogP contribution in [0.1, 0.15) is 5.56 Å². The predicted octanol–water partition coefficient (Wildman–Crippen LogP) is 4.20. The number of phenolic OH excluding ortho intramolecular Hbond substituents is 1. The van der Waals surface area contributed by atoms with Crippen LogP contribution in [0.25, 0.3) is 10.8 Å². The number of aryl methyl sites for hydroxylation is 1. The lowest BCUT2D eigenvalue weighted by Crippen LogP contribution is -2.09. The number of aliphatic hydroxyl groups is 1. The fourth-order valence-corrected chi connectivity index (χ4v) is 7.36. The predicted molar refractivity (Wildman–Crippen MR) is 167 cm³/mol. The molecule has 0 bridgehead atoms. The number of sulfone groups is 1. The Morgan fingerprint density at radius 2 is 1.35 bits per heavy atom. The average molecular weight is 745 g/mol. The molecule has 0 heterocycles. The lowest BCUT2D eigenvalue weighted by Gasteiger charge is -2.13. The fourth-order valence-electron chi connectivity index (χ4n) is 4.27. The molecule has 0 unspecified atom stereocenters. The normalized spacial score (nSPS) is 13.1. The van der Waals surface area contributed by atoms with Gasteiger partial charge in [0, 0.05) is 11.5 Å². The van der Waals surface area contributed by atoms with Crippen LogP contribution < -0.4 is 4.74 Å². The first kappa shape index (κ1) is 36.4. The van der Waals surface area contributed by atoms with Gasteiger partial charge in [-0.05, 0) is 60.3 Å². The van der Waals surface area contributed by atoms with Gasteiger partial charge in [-0.3, -0.25) is 13.7 Å². The van der Waals surface area contributed by atoms with Crippen LogP contribution in [0.15, 0.2) is 94.6 Å². The molecule has 256 valence electrons. The number of phenols is 1. The second kappa shape index (κ2) is 13.2. The summed E-state index contributed by atoms with van der Waals surface area (Å²) in [6, 6.07) is 9.61. The molecule has 0 spiro atoms. The summed E-state index contributed by atoms with van der Waals surface area (Å²) < 4.78 is 131. The van der Waals surface area contributed by atoms with Gasteiger partial charge in [-0.1, -0.05) is 6.07 Å². The second-order valence-corrected chi connectivity index (χ2v) is 16.1. The van der Waals surface area contributed by atoms with Gasteiger partial charge in [0.15, 0.2) is 15.6 Å². The van der Waals surface area contributed by atoms with E-state index >= 15 is 0 Å². The van der Waals surface area contributed by atoms with Gasteiger partial charge in [-0.2, -0.15) is 35.5 Å². The zero-order valence-electron chi connectivity index (χ0n) is 24.4. The van der Waals surface area contributed by atoms with E-state index < -0.39 is 89.4 Å². The van der Waals surface area contributed by atoms with Gasteiger partial charge >= 0.3 is 0 Å². The maximum Gasteiger partial charge on any atom is 0.296 e. The van der Waals surface area contributed by atoms with Crippen LogP contribution in [-0.2, 0) is 40.2 Å². The molecule has 4 aromatic rings. The Morgan fingerprint density at radius 1 is 0.708 bits per heavy atom. The van der Waals surface area contributed by atoms with Crippen molar-refractivity contribution in [3.8, 4) is 11.5 Å². The number of benzene rings is 4. The summed E-state index contributed by atoms with van der Waals surface area (Å²) in [6.45, 7) is 0.981. The SMILES string of the molecule is COc1cc(N=Nc2cccc(S(=O)(=O)CCO)c2)c(C)cc1N=Nc1c(S(=O)(=O)O)cc2cc(S(=O)(=O)O)cc(S(=O)(=O)O)c2c1O. The molecule has 0 amide bonds. The highest BCUT2D eigenvalue weighted by molar-refractivity contribution is 7.91. The van der Waals surface area contributed by atoms with Gasteiger partial charge in [0.05, 0.1) is 40.6 Å². The minimum Gasteiger partial charge on any atom is -0.505 e. The second-order valence-electron chi connectivity index (χ2n) is 9.77. The van der Waals surface area contributed by atoms with Crippen LogP contribution >= 0.6 is 0 Å². The maximum atomic E-state index is 12.3. The molecule has 0 saturated heterocycles. The number of hydrogen-bond acceptors (Lipinski definition) is 15. The van der Waals surface area contributed by atoms with Crippen LogP contribution in [0.3, 0.4) is 0 Å². The van der Waals surface area contributed by atoms with Crippen molar-refractivity contribution in [1.29, 1.82) is 0 Å². The van der Waals surface area contributed by atoms with Gasteiger partial charge in [-0.25, -0.2) is 8.42 Å². The minimum absolute atomic E-state index is 0.0392. The quantitative estimate of drug-likeness (QED) is 0.106. The minimum atomic E-state index is -5.33. The molecule has 48 heavy (non-hydrogen) atoms. The summed E-state index contributed by atoms with van der Waals surface area (Å²) in [7, 11) is -18.2. The first-order valence-corrected chi connectivity index (χ1v) is 18.9. The molecule has 0 radical (unpaired) electrons. The third-order valence-corrected chi connectivity index (χ3v) is 10.8. The topological polar surface area (TPSA) is 296 Å². The Morgan fingerprint density at radius 3 is 1.94 bits per heavy atom. The van der Waals surface area contributed by atoms with E-state index in [1.54, 1.807) is 6.92 Å². The Labute approximate surface area is 273 Å². The van der Waals surface area contributed by atoms with Crippen molar-refractivity contribution >= 4 is 73.7 Å². The summed E-state index contributed by atoms with van der Waals surface area (Å²) >= 11 is 0. The van der Waals surface area contributed by atoms with Gasteiger partial charge in [0.25, 0.3) is 30.4 Å². The monoisotopic (exact) mass is 744 g/mol. The highest BCUT2D eigenvalue weighted by Gasteiger charge is 2.28. The highest BCUT2D eigenvalue weighted by atomic mass is 32.2. The maximum absolute atomic E-state index is 12.3. The molecule has 0 aromatic heterocycles. The lowest BCUT2D eigenvalue weighted by molar-refractivity contribution is 0.319. The van der Waals surface area contributed by atoms with E-state index in [4.69, 9.17) is 9.84 Å². The van der Waals surface area contributed by atoms with E-state index in [1.165, 1.54) is 43.5 Å². The highest BCUT2D eigenvalue weighted by Crippen LogP contribution is 2.45. The summed E-state index contributed by atoms with van der Waals surface area (Å²) in [4.78, 5) is -3.58. The molecule has 0 aliphatic carbocycles. The molecule has 0 fully saturated rings. The molecule has 18 nitrogen and oxygen atoms in total. The van der Waals surface area contributed by atoms with Gasteiger partial charge < -0.3 is 14.9 Å². The molecule has 4 aromatic carbocycles. The average Bonchev–Trinajstić information content (AvgIpc) is 2.98. The number of aliphatic hydroxyl groups excluding tert-OH is 1. The smallest absolute Gasteiger partial charge is 0.296 e. The molecule has 0 aliphatic rings. The van der Waals surface area contributed by atoms with E-state index in [0.717, 1.165) is 0 Å². The largest absolute Gasteiger partial charge is 0.505 e. The zero-order chi connectivity index (χ0) is 35.8. The molecule has 22 heteroatoms. The van der Waals surface area contributed by atoms with Gasteiger partial charge in [0.1, 0.15) is 26.9 Å². The van der Waals surface area contributed by atoms with Crippen molar-refractivity contribution < 1.29 is 62.3 Å². The van der Waals surface area contributed by atoms with Crippen molar-refractivity contribution in [2.45, 2.75) is 26.5 Å². The van der Waals surface area contributed by atoms with Crippen molar-refractivity contribution in [2.75, 3.05) is 19.5 Å². The number of hydrogen-bond donors (Lipinski definition) is 5. The van der Waals surface area contributed by atoms with Crippen LogP contribution in [-0.4, -0.2) is 77.0 Å². The Hall–Kier alpha value is -4.42. The van der Waals surface area contributed by atoms with Crippen LogP contribution in [0, 0.1) is 6.92 Å². The van der Waals surface area contributed by atoms with Crippen molar-refractivity contribution in [3.05, 3.63) is 60.2 Å². The molecule has 0 saturated carbocycles. The summed E-state index contributed by atoms with van der Waals surface area (Å²) in [5.74, 6) is -1.79.